The third kappa shape index (κ3) is 3.42. The monoisotopic (exact) mass is 261 g/mol. The van der Waals surface area contributed by atoms with Crippen LogP contribution >= 0.6 is 0 Å². The van der Waals surface area contributed by atoms with Crippen LogP contribution in [0.25, 0.3) is 0 Å². The molecule has 4 nitrogen and oxygen atoms in total. The van der Waals surface area contributed by atoms with Gasteiger partial charge in [-0.25, -0.2) is 8.42 Å². The number of hydrogen-bond donors (Lipinski definition) is 2. The molecule has 1 saturated heterocycles. The van der Waals surface area contributed by atoms with E-state index in [1.54, 1.807) is 0 Å². The van der Waals surface area contributed by atoms with Gasteiger partial charge >= 0.3 is 0 Å². The van der Waals surface area contributed by atoms with Crippen molar-refractivity contribution >= 4 is 9.84 Å². The Morgan fingerprint density at radius 2 is 1.82 bits per heavy atom. The summed E-state index contributed by atoms with van der Waals surface area (Å²) in [5, 5.41) is 13.7. The first kappa shape index (κ1) is 13.3. The van der Waals surface area contributed by atoms with Gasteiger partial charge in [-0.3, -0.25) is 0 Å². The van der Waals surface area contributed by atoms with E-state index in [-0.39, 0.29) is 17.0 Å². The highest BCUT2D eigenvalue weighted by Crippen LogP contribution is 2.29. The Hall–Kier alpha value is -0.130. The number of nitrogens with one attached hydrogen (secondary N) is 1. The Balaban J connectivity index is 1.89. The van der Waals surface area contributed by atoms with Crippen molar-refractivity contribution in [3.8, 4) is 0 Å². The highest BCUT2D eigenvalue weighted by Gasteiger charge is 2.40. The standard InChI is InChI=1S/C12H23NO3S/c1-11(7-8-17(15,16)10-11)13-9-12(14)5-3-2-4-6-12/h13-14H,2-10H2,1H3. The van der Waals surface area contributed by atoms with Gasteiger partial charge in [0.2, 0.25) is 0 Å². The fraction of sp³-hybridized carbons (Fsp3) is 1.00. The van der Waals surface area contributed by atoms with Gasteiger partial charge < -0.3 is 10.4 Å². The van der Waals surface area contributed by atoms with E-state index in [0.717, 1.165) is 25.7 Å². The summed E-state index contributed by atoms with van der Waals surface area (Å²) >= 11 is 0. The van der Waals surface area contributed by atoms with Crippen LogP contribution in [-0.2, 0) is 9.84 Å². The molecule has 2 fully saturated rings. The van der Waals surface area contributed by atoms with Crippen molar-refractivity contribution in [2.75, 3.05) is 18.1 Å². The maximum atomic E-state index is 11.5. The minimum atomic E-state index is -2.87. The van der Waals surface area contributed by atoms with Gasteiger partial charge in [-0.2, -0.15) is 0 Å². The molecule has 0 bridgehead atoms. The van der Waals surface area contributed by atoms with E-state index in [9.17, 15) is 13.5 Å². The van der Waals surface area contributed by atoms with E-state index < -0.39 is 15.4 Å². The van der Waals surface area contributed by atoms with Gasteiger partial charge in [0.25, 0.3) is 0 Å². The largest absolute Gasteiger partial charge is 0.389 e. The normalized spacial score (nSPS) is 35.9. The SMILES string of the molecule is CC1(NCC2(O)CCCCC2)CCS(=O)(=O)C1. The number of hydrogen-bond acceptors (Lipinski definition) is 4. The van der Waals surface area contributed by atoms with Crippen LogP contribution in [0.3, 0.4) is 0 Å². The summed E-state index contributed by atoms with van der Waals surface area (Å²) < 4.78 is 22.9. The summed E-state index contributed by atoms with van der Waals surface area (Å²) in [5.74, 6) is 0.477. The fourth-order valence-electron chi connectivity index (χ4n) is 2.91. The second-order valence-corrected chi connectivity index (χ2v) is 8.23. The first-order chi connectivity index (χ1) is 7.83. The number of aliphatic hydroxyl groups is 1. The van der Waals surface area contributed by atoms with Gasteiger partial charge in [0.15, 0.2) is 9.84 Å². The van der Waals surface area contributed by atoms with Crippen molar-refractivity contribution in [3.63, 3.8) is 0 Å². The molecule has 2 rings (SSSR count). The first-order valence-corrected chi connectivity index (χ1v) is 8.33. The predicted octanol–water partition coefficient (Wildman–Crippen LogP) is 0.848. The number of β-amino-alcohol motifs (C(OH)–C–C–N with tert-alkyl or cyclic N) is 1. The molecule has 2 aliphatic rings. The van der Waals surface area contributed by atoms with Crippen LogP contribution in [0.1, 0.15) is 45.4 Å². The molecule has 2 N–H and O–H groups in total. The average Bonchev–Trinajstić information content (AvgIpc) is 2.53. The molecule has 0 aromatic heterocycles. The van der Waals surface area contributed by atoms with Gasteiger partial charge in [-0.1, -0.05) is 19.3 Å². The Morgan fingerprint density at radius 3 is 2.35 bits per heavy atom. The summed E-state index contributed by atoms with van der Waals surface area (Å²) in [4.78, 5) is 0. The third-order valence-electron chi connectivity index (χ3n) is 4.13. The molecule has 0 amide bonds. The van der Waals surface area contributed by atoms with Crippen molar-refractivity contribution in [2.24, 2.45) is 0 Å². The smallest absolute Gasteiger partial charge is 0.152 e. The number of rotatable bonds is 3. The van der Waals surface area contributed by atoms with Crippen molar-refractivity contribution in [1.82, 2.24) is 5.32 Å². The fourth-order valence-corrected chi connectivity index (χ4v) is 5.04. The number of sulfone groups is 1. The average molecular weight is 261 g/mol. The highest BCUT2D eigenvalue weighted by atomic mass is 32.2. The van der Waals surface area contributed by atoms with Crippen LogP contribution in [0.2, 0.25) is 0 Å². The summed E-state index contributed by atoms with van der Waals surface area (Å²) in [5.41, 5.74) is -0.959. The van der Waals surface area contributed by atoms with Crippen molar-refractivity contribution in [2.45, 2.75) is 56.6 Å². The van der Waals surface area contributed by atoms with E-state index in [1.165, 1.54) is 6.42 Å². The summed E-state index contributed by atoms with van der Waals surface area (Å²) in [6.07, 6.45) is 5.69. The maximum Gasteiger partial charge on any atom is 0.152 e. The van der Waals surface area contributed by atoms with Crippen LogP contribution in [0.15, 0.2) is 0 Å². The molecular weight excluding hydrogens is 238 g/mol. The molecule has 1 heterocycles. The molecule has 0 aromatic carbocycles. The molecule has 5 heteroatoms. The van der Waals surface area contributed by atoms with Crippen molar-refractivity contribution in [1.29, 1.82) is 0 Å². The van der Waals surface area contributed by atoms with E-state index in [0.29, 0.717) is 13.0 Å². The van der Waals surface area contributed by atoms with Crippen molar-refractivity contribution in [3.05, 3.63) is 0 Å². The Labute approximate surface area is 104 Å². The summed E-state index contributed by atoms with van der Waals surface area (Å²) in [6, 6.07) is 0. The molecular formula is C12H23NO3S. The quantitative estimate of drug-likeness (QED) is 0.790. The van der Waals surface area contributed by atoms with Crippen molar-refractivity contribution < 1.29 is 13.5 Å². The third-order valence-corrected chi connectivity index (χ3v) is 6.03. The zero-order valence-electron chi connectivity index (χ0n) is 10.5. The van der Waals surface area contributed by atoms with Gasteiger partial charge in [-0.05, 0) is 26.2 Å². The van der Waals surface area contributed by atoms with E-state index in [1.807, 2.05) is 6.92 Å². The Bertz CT molecular complexity index is 373. The van der Waals surface area contributed by atoms with E-state index >= 15 is 0 Å². The molecule has 100 valence electrons. The minimum Gasteiger partial charge on any atom is -0.389 e. The molecule has 1 aliphatic carbocycles. The van der Waals surface area contributed by atoms with Gasteiger partial charge in [0.05, 0.1) is 17.1 Å². The van der Waals surface area contributed by atoms with Crippen LogP contribution in [0.4, 0.5) is 0 Å². The lowest BCUT2D eigenvalue weighted by atomic mass is 9.84. The van der Waals surface area contributed by atoms with Gasteiger partial charge in [0, 0.05) is 12.1 Å². The highest BCUT2D eigenvalue weighted by molar-refractivity contribution is 7.91. The molecule has 1 aliphatic heterocycles. The molecule has 1 unspecified atom stereocenters. The lowest BCUT2D eigenvalue weighted by Crippen LogP contribution is -2.52. The van der Waals surface area contributed by atoms with Crippen LogP contribution in [0, 0.1) is 0 Å². The second kappa shape index (κ2) is 4.52. The zero-order chi connectivity index (χ0) is 12.6. The lowest BCUT2D eigenvalue weighted by molar-refractivity contribution is -0.000343. The molecule has 0 aromatic rings. The Morgan fingerprint density at radius 1 is 1.18 bits per heavy atom. The minimum absolute atomic E-state index is 0.204. The second-order valence-electron chi connectivity index (χ2n) is 6.04. The lowest BCUT2D eigenvalue weighted by Gasteiger charge is -2.36. The Kier molecular flexibility index (Phi) is 3.54. The predicted molar refractivity (Wildman–Crippen MR) is 67.7 cm³/mol. The molecule has 0 spiro atoms. The van der Waals surface area contributed by atoms with Gasteiger partial charge in [0.1, 0.15) is 0 Å². The molecule has 1 atom stereocenters. The first-order valence-electron chi connectivity index (χ1n) is 6.51. The topological polar surface area (TPSA) is 66.4 Å². The molecule has 1 saturated carbocycles. The van der Waals surface area contributed by atoms with Crippen LogP contribution < -0.4 is 5.32 Å². The zero-order valence-corrected chi connectivity index (χ0v) is 11.4. The van der Waals surface area contributed by atoms with Crippen LogP contribution in [-0.4, -0.2) is 42.7 Å². The summed E-state index contributed by atoms with van der Waals surface area (Å²) in [6.45, 7) is 2.47. The molecule has 17 heavy (non-hydrogen) atoms. The summed E-state index contributed by atoms with van der Waals surface area (Å²) in [7, 11) is -2.87. The van der Waals surface area contributed by atoms with E-state index in [2.05, 4.69) is 5.32 Å². The maximum absolute atomic E-state index is 11.5. The van der Waals surface area contributed by atoms with Crippen LogP contribution in [0.5, 0.6) is 0 Å². The van der Waals surface area contributed by atoms with E-state index in [4.69, 9.17) is 0 Å². The molecule has 0 radical (unpaired) electrons. The van der Waals surface area contributed by atoms with Gasteiger partial charge in [-0.15, -0.1) is 0 Å².